The highest BCUT2D eigenvalue weighted by atomic mass is 14.5. The van der Waals surface area contributed by atoms with Crippen LogP contribution in [0, 0.1) is 47.3 Å². The molecule has 0 saturated heterocycles. The lowest BCUT2D eigenvalue weighted by Gasteiger charge is -2.53. The molecule has 8 atom stereocenters. The van der Waals surface area contributed by atoms with E-state index < -0.39 is 0 Å². The van der Waals surface area contributed by atoms with Crippen LogP contribution in [0.15, 0.2) is 0 Å². The molecule has 0 amide bonds. The molecule has 0 heterocycles. The van der Waals surface area contributed by atoms with Crippen molar-refractivity contribution in [2.75, 3.05) is 0 Å². The lowest BCUT2D eigenvalue weighted by Crippen LogP contribution is -2.45. The topological polar surface area (TPSA) is 0 Å². The predicted molar refractivity (Wildman–Crippen MR) is 94.7 cm³/mol. The van der Waals surface area contributed by atoms with Gasteiger partial charge in [0.15, 0.2) is 0 Å². The highest BCUT2D eigenvalue weighted by Gasteiger charge is 2.47. The monoisotopic (exact) mass is 302 g/mol. The largest absolute Gasteiger partial charge is 0.0622 e. The zero-order chi connectivity index (χ0) is 15.1. The normalized spacial score (nSPS) is 52.6. The van der Waals surface area contributed by atoms with E-state index in [2.05, 4.69) is 13.8 Å². The maximum atomic E-state index is 2.57. The van der Waals surface area contributed by atoms with Crippen molar-refractivity contribution in [3.05, 3.63) is 0 Å². The van der Waals surface area contributed by atoms with Gasteiger partial charge in [0.05, 0.1) is 0 Å². The second-order valence-corrected chi connectivity index (χ2v) is 9.66. The Morgan fingerprint density at radius 2 is 0.636 bits per heavy atom. The summed E-state index contributed by atoms with van der Waals surface area (Å²) in [5.74, 6) is 8.77. The van der Waals surface area contributed by atoms with Gasteiger partial charge in [0, 0.05) is 0 Å². The van der Waals surface area contributed by atoms with Crippen LogP contribution in [-0.2, 0) is 0 Å². The molecule has 4 aliphatic rings. The van der Waals surface area contributed by atoms with Crippen molar-refractivity contribution in [1.82, 2.24) is 0 Å². The van der Waals surface area contributed by atoms with Gasteiger partial charge in [-0.15, -0.1) is 0 Å². The molecule has 0 bridgehead atoms. The first-order valence-electron chi connectivity index (χ1n) is 10.8. The summed E-state index contributed by atoms with van der Waals surface area (Å²) in [7, 11) is 0. The maximum absolute atomic E-state index is 2.57. The fraction of sp³-hybridized carbons (Fsp3) is 1.00. The molecular weight excluding hydrogens is 264 g/mol. The minimum atomic E-state index is 1.03. The molecule has 0 spiro atoms. The second-order valence-electron chi connectivity index (χ2n) is 9.66. The van der Waals surface area contributed by atoms with Crippen LogP contribution in [0.25, 0.3) is 0 Å². The molecule has 4 rings (SSSR count). The van der Waals surface area contributed by atoms with Gasteiger partial charge >= 0.3 is 0 Å². The van der Waals surface area contributed by atoms with E-state index >= 15 is 0 Å². The van der Waals surface area contributed by atoms with Gasteiger partial charge in [-0.2, -0.15) is 0 Å². The van der Waals surface area contributed by atoms with Crippen LogP contribution in [0.4, 0.5) is 0 Å². The van der Waals surface area contributed by atoms with Gasteiger partial charge < -0.3 is 0 Å². The molecule has 22 heavy (non-hydrogen) atoms. The highest BCUT2D eigenvalue weighted by molar-refractivity contribution is 4.96. The summed E-state index contributed by atoms with van der Waals surface area (Å²) in [6, 6.07) is 0. The Labute approximate surface area is 138 Å². The molecule has 4 fully saturated rings. The third-order valence-electron chi connectivity index (χ3n) is 8.76. The quantitative estimate of drug-likeness (QED) is 0.506. The third-order valence-corrected chi connectivity index (χ3v) is 8.76. The van der Waals surface area contributed by atoms with Gasteiger partial charge in [-0.1, -0.05) is 52.4 Å². The van der Waals surface area contributed by atoms with Crippen LogP contribution in [0.5, 0.6) is 0 Å². The van der Waals surface area contributed by atoms with Gasteiger partial charge in [-0.25, -0.2) is 0 Å². The summed E-state index contributed by atoms with van der Waals surface area (Å²) in [6.45, 7) is 5.15. The summed E-state index contributed by atoms with van der Waals surface area (Å²) < 4.78 is 0. The molecule has 0 aromatic carbocycles. The highest BCUT2D eigenvalue weighted by Crippen LogP contribution is 2.56. The summed E-state index contributed by atoms with van der Waals surface area (Å²) in [5, 5.41) is 0. The van der Waals surface area contributed by atoms with Crippen molar-refractivity contribution in [2.45, 2.75) is 90.9 Å². The van der Waals surface area contributed by atoms with Crippen LogP contribution >= 0.6 is 0 Å². The zero-order valence-electron chi connectivity index (χ0n) is 15.1. The molecule has 0 aromatic rings. The molecule has 0 N–H and O–H groups in total. The van der Waals surface area contributed by atoms with Crippen molar-refractivity contribution in [3.63, 3.8) is 0 Å². The first-order chi connectivity index (χ1) is 10.8. The zero-order valence-corrected chi connectivity index (χ0v) is 15.1. The van der Waals surface area contributed by atoms with Crippen LogP contribution in [-0.4, -0.2) is 0 Å². The average Bonchev–Trinajstić information content (AvgIpc) is 2.55. The Bertz CT molecular complexity index is 336. The number of fused-ring (bicyclic) bond motifs is 2. The Morgan fingerprint density at radius 1 is 0.364 bits per heavy atom. The van der Waals surface area contributed by atoms with Crippen LogP contribution in [0.3, 0.4) is 0 Å². The standard InChI is InChI=1S/C22H38/c1-15-7-3-11-19-17(15)9-5-13-21(19)22-14-6-10-18-16(2)8-4-12-20(18)22/h15-22H,3-14H2,1-2H3. The fourth-order valence-corrected chi connectivity index (χ4v) is 7.78. The van der Waals surface area contributed by atoms with Crippen molar-refractivity contribution < 1.29 is 0 Å². The maximum Gasteiger partial charge on any atom is -0.0352 e. The lowest BCUT2D eigenvalue weighted by molar-refractivity contribution is -0.0352. The van der Waals surface area contributed by atoms with E-state index in [1.807, 2.05) is 0 Å². The van der Waals surface area contributed by atoms with E-state index in [1.54, 1.807) is 51.4 Å². The lowest BCUT2D eigenvalue weighted by atomic mass is 9.52. The molecule has 0 radical (unpaired) electrons. The molecule has 0 aliphatic heterocycles. The van der Waals surface area contributed by atoms with Gasteiger partial charge in [0.2, 0.25) is 0 Å². The van der Waals surface area contributed by atoms with E-state index in [0.717, 1.165) is 47.3 Å². The Hall–Kier alpha value is 0. The summed E-state index contributed by atoms with van der Waals surface area (Å²) in [5.41, 5.74) is 0. The Morgan fingerprint density at radius 3 is 1.05 bits per heavy atom. The Balaban J connectivity index is 1.54. The first-order valence-corrected chi connectivity index (χ1v) is 10.8. The van der Waals surface area contributed by atoms with Crippen LogP contribution in [0.2, 0.25) is 0 Å². The van der Waals surface area contributed by atoms with Gasteiger partial charge in [-0.05, 0) is 85.9 Å². The first kappa shape index (κ1) is 15.5. The van der Waals surface area contributed by atoms with Gasteiger partial charge in [0.25, 0.3) is 0 Å². The second kappa shape index (κ2) is 6.48. The van der Waals surface area contributed by atoms with E-state index in [9.17, 15) is 0 Å². The predicted octanol–water partition coefficient (Wildman–Crippen LogP) is 6.69. The van der Waals surface area contributed by atoms with Crippen LogP contribution in [0.1, 0.15) is 90.9 Å². The average molecular weight is 303 g/mol. The minimum absolute atomic E-state index is 1.03. The van der Waals surface area contributed by atoms with Crippen LogP contribution < -0.4 is 0 Å². The van der Waals surface area contributed by atoms with Crippen molar-refractivity contribution >= 4 is 0 Å². The molecule has 8 unspecified atom stereocenters. The van der Waals surface area contributed by atoms with E-state index in [1.165, 1.54) is 25.7 Å². The van der Waals surface area contributed by atoms with E-state index in [0.29, 0.717) is 0 Å². The summed E-state index contributed by atoms with van der Waals surface area (Å²) >= 11 is 0. The molecule has 0 aromatic heterocycles. The third kappa shape index (κ3) is 2.67. The van der Waals surface area contributed by atoms with Crippen molar-refractivity contribution in [3.8, 4) is 0 Å². The SMILES string of the molecule is CC1CCCC2C1CCCC2C1CCCC2C(C)CCCC21. The van der Waals surface area contributed by atoms with Gasteiger partial charge in [-0.3, -0.25) is 0 Å². The molecule has 4 aliphatic carbocycles. The summed E-state index contributed by atoms with van der Waals surface area (Å²) in [6.07, 6.45) is 18.7. The molecular formula is C22H38. The summed E-state index contributed by atoms with van der Waals surface area (Å²) in [4.78, 5) is 0. The fourth-order valence-electron chi connectivity index (χ4n) is 7.78. The van der Waals surface area contributed by atoms with Crippen molar-refractivity contribution in [2.24, 2.45) is 47.3 Å². The Kier molecular flexibility index (Phi) is 4.57. The minimum Gasteiger partial charge on any atom is -0.0622 e. The number of hydrogen-bond donors (Lipinski definition) is 0. The van der Waals surface area contributed by atoms with E-state index in [4.69, 9.17) is 0 Å². The molecule has 0 heteroatoms. The molecule has 4 saturated carbocycles. The van der Waals surface area contributed by atoms with Gasteiger partial charge in [0.1, 0.15) is 0 Å². The smallest absolute Gasteiger partial charge is 0.0352 e. The number of hydrogen-bond acceptors (Lipinski definition) is 0. The molecule has 0 nitrogen and oxygen atoms in total. The van der Waals surface area contributed by atoms with Crippen molar-refractivity contribution in [1.29, 1.82) is 0 Å². The number of rotatable bonds is 1. The van der Waals surface area contributed by atoms with E-state index in [-0.39, 0.29) is 0 Å². The molecule has 126 valence electrons.